The Balaban J connectivity index is 2.23. The first kappa shape index (κ1) is 15.7. The van der Waals surface area contributed by atoms with Gasteiger partial charge >= 0.3 is 0 Å². The Morgan fingerprint density at radius 2 is 2.25 bits per heavy atom. The zero-order valence-corrected chi connectivity index (χ0v) is 12.8. The molecule has 0 bridgehead atoms. The maximum Gasteiger partial charge on any atom is 0.151 e. The van der Waals surface area contributed by atoms with Crippen molar-refractivity contribution in [2.24, 2.45) is 5.73 Å². The summed E-state index contributed by atoms with van der Waals surface area (Å²) in [6, 6.07) is 3.90. The van der Waals surface area contributed by atoms with E-state index in [1.54, 1.807) is 6.07 Å². The number of hydrogen-bond donors (Lipinski definition) is 1. The predicted molar refractivity (Wildman–Crippen MR) is 78.0 cm³/mol. The summed E-state index contributed by atoms with van der Waals surface area (Å²) in [5.74, 6) is -0.0597. The fourth-order valence-electron chi connectivity index (χ4n) is 2.64. The molecule has 1 heterocycles. The lowest BCUT2D eigenvalue weighted by Crippen LogP contribution is -2.39. The maximum atomic E-state index is 13.1. The minimum Gasteiger partial charge on any atom is -0.329 e. The second kappa shape index (κ2) is 5.97. The highest BCUT2D eigenvalue weighted by atomic mass is 35.5. The quantitative estimate of drug-likeness (QED) is 0.915. The second-order valence-corrected chi connectivity index (χ2v) is 7.78. The van der Waals surface area contributed by atoms with Crippen molar-refractivity contribution in [3.63, 3.8) is 0 Å². The molecule has 1 aliphatic rings. The molecule has 0 radical (unpaired) electrons. The molecule has 112 valence electrons. The van der Waals surface area contributed by atoms with E-state index in [2.05, 4.69) is 0 Å². The number of sulfone groups is 1. The molecule has 2 N–H and O–H groups in total. The molecular formula is C13H18ClFN2O2S. The van der Waals surface area contributed by atoms with Gasteiger partial charge in [0.15, 0.2) is 9.84 Å². The molecule has 0 aromatic heterocycles. The van der Waals surface area contributed by atoms with E-state index in [0.717, 1.165) is 5.56 Å². The van der Waals surface area contributed by atoms with Crippen molar-refractivity contribution in [2.75, 3.05) is 25.1 Å². The van der Waals surface area contributed by atoms with Crippen molar-refractivity contribution in [3.8, 4) is 0 Å². The number of likely N-dealkylation sites (N-methyl/N-ethyl adjacent to an activating group) is 1. The van der Waals surface area contributed by atoms with Crippen molar-refractivity contribution < 1.29 is 12.8 Å². The lowest BCUT2D eigenvalue weighted by molar-refractivity contribution is 0.192. The number of nitrogens with zero attached hydrogens (tertiary/aromatic N) is 1. The summed E-state index contributed by atoms with van der Waals surface area (Å²) in [7, 11) is -1.12. The molecule has 0 amide bonds. The van der Waals surface area contributed by atoms with Gasteiger partial charge in [0, 0.05) is 23.7 Å². The number of rotatable bonds is 4. The molecule has 0 saturated carbocycles. The minimum absolute atomic E-state index is 0.0744. The lowest BCUT2D eigenvalue weighted by Gasteiger charge is -2.32. The van der Waals surface area contributed by atoms with E-state index in [4.69, 9.17) is 17.3 Å². The van der Waals surface area contributed by atoms with Gasteiger partial charge in [-0.2, -0.15) is 0 Å². The van der Waals surface area contributed by atoms with Crippen LogP contribution in [0, 0.1) is 5.82 Å². The minimum atomic E-state index is -2.96. The molecule has 1 saturated heterocycles. The van der Waals surface area contributed by atoms with Crippen LogP contribution >= 0.6 is 11.6 Å². The molecule has 7 heteroatoms. The van der Waals surface area contributed by atoms with E-state index in [0.29, 0.717) is 18.0 Å². The largest absolute Gasteiger partial charge is 0.329 e. The van der Waals surface area contributed by atoms with Gasteiger partial charge in [0.25, 0.3) is 0 Å². The van der Waals surface area contributed by atoms with Gasteiger partial charge in [0.2, 0.25) is 0 Å². The summed E-state index contributed by atoms with van der Waals surface area (Å²) >= 11 is 6.07. The molecule has 1 aliphatic heterocycles. The average Bonchev–Trinajstić information content (AvgIpc) is 2.73. The molecule has 1 aromatic rings. The molecule has 2 rings (SSSR count). The highest BCUT2D eigenvalue weighted by Crippen LogP contribution is 2.30. The van der Waals surface area contributed by atoms with Gasteiger partial charge in [-0.25, -0.2) is 12.8 Å². The third-order valence-corrected chi connectivity index (χ3v) is 5.90. The van der Waals surface area contributed by atoms with Crippen molar-refractivity contribution in [1.82, 2.24) is 4.90 Å². The standard InChI is InChI=1S/C13H18ClFN2O2S/c1-17(10-4-5-20(18,19)8-10)13(7-16)11-3-2-9(15)6-12(11)14/h2-3,6,10,13H,4-5,7-8,16H2,1H3. The van der Waals surface area contributed by atoms with Crippen molar-refractivity contribution in [1.29, 1.82) is 0 Å². The summed E-state index contributed by atoms with van der Waals surface area (Å²) in [5, 5.41) is 0.313. The molecule has 2 atom stereocenters. The molecular weight excluding hydrogens is 303 g/mol. The zero-order valence-electron chi connectivity index (χ0n) is 11.2. The molecule has 1 aromatic carbocycles. The number of benzene rings is 1. The van der Waals surface area contributed by atoms with Gasteiger partial charge < -0.3 is 5.73 Å². The second-order valence-electron chi connectivity index (χ2n) is 5.14. The Morgan fingerprint density at radius 1 is 1.55 bits per heavy atom. The highest BCUT2D eigenvalue weighted by molar-refractivity contribution is 7.91. The van der Waals surface area contributed by atoms with Crippen molar-refractivity contribution in [3.05, 3.63) is 34.6 Å². The van der Waals surface area contributed by atoms with Crippen LogP contribution in [0.5, 0.6) is 0 Å². The fraction of sp³-hybridized carbons (Fsp3) is 0.538. The Hall–Kier alpha value is -0.690. The van der Waals surface area contributed by atoms with E-state index in [-0.39, 0.29) is 23.6 Å². The molecule has 0 aliphatic carbocycles. The summed E-state index contributed by atoms with van der Waals surface area (Å²) in [6.45, 7) is 0.290. The van der Waals surface area contributed by atoms with Crippen LogP contribution in [0.3, 0.4) is 0 Å². The van der Waals surface area contributed by atoms with Gasteiger partial charge in [0.05, 0.1) is 11.5 Å². The first-order chi connectivity index (χ1) is 9.34. The molecule has 4 nitrogen and oxygen atoms in total. The first-order valence-corrected chi connectivity index (χ1v) is 8.61. The van der Waals surface area contributed by atoms with Crippen LogP contribution in [0.1, 0.15) is 18.0 Å². The Labute approximate surface area is 123 Å². The van der Waals surface area contributed by atoms with E-state index in [1.165, 1.54) is 12.1 Å². The lowest BCUT2D eigenvalue weighted by atomic mass is 10.0. The van der Waals surface area contributed by atoms with Gasteiger partial charge in [-0.05, 0) is 31.2 Å². The first-order valence-electron chi connectivity index (χ1n) is 6.41. The Morgan fingerprint density at radius 3 is 2.75 bits per heavy atom. The van der Waals surface area contributed by atoms with Crippen molar-refractivity contribution >= 4 is 21.4 Å². The van der Waals surface area contributed by atoms with E-state index < -0.39 is 15.7 Å². The zero-order chi connectivity index (χ0) is 14.9. The van der Waals surface area contributed by atoms with Crippen LogP contribution < -0.4 is 5.73 Å². The van der Waals surface area contributed by atoms with Crippen LogP contribution in [0.4, 0.5) is 4.39 Å². The predicted octanol–water partition coefficient (Wildman–Crippen LogP) is 1.60. The maximum absolute atomic E-state index is 13.1. The fourth-order valence-corrected chi connectivity index (χ4v) is 4.71. The molecule has 20 heavy (non-hydrogen) atoms. The third-order valence-electron chi connectivity index (χ3n) is 3.82. The highest BCUT2D eigenvalue weighted by Gasteiger charge is 2.34. The summed E-state index contributed by atoms with van der Waals surface area (Å²) in [6.07, 6.45) is 0.591. The van der Waals surface area contributed by atoms with Gasteiger partial charge in [-0.15, -0.1) is 0 Å². The SMILES string of the molecule is CN(C1CCS(=O)(=O)C1)C(CN)c1ccc(F)cc1Cl. The topological polar surface area (TPSA) is 63.4 Å². The Kier molecular flexibility index (Phi) is 4.69. The van der Waals surface area contributed by atoms with Crippen LogP contribution in [-0.2, 0) is 9.84 Å². The van der Waals surface area contributed by atoms with Crippen LogP contribution in [-0.4, -0.2) is 44.5 Å². The Bertz CT molecular complexity index is 594. The van der Waals surface area contributed by atoms with Crippen LogP contribution in [0.2, 0.25) is 5.02 Å². The summed E-state index contributed by atoms with van der Waals surface area (Å²) < 4.78 is 36.3. The van der Waals surface area contributed by atoms with E-state index >= 15 is 0 Å². The number of hydrogen-bond acceptors (Lipinski definition) is 4. The van der Waals surface area contributed by atoms with Crippen LogP contribution in [0.25, 0.3) is 0 Å². The molecule has 2 unspecified atom stereocenters. The number of halogens is 2. The molecule has 0 spiro atoms. The van der Waals surface area contributed by atoms with Gasteiger partial charge in [0.1, 0.15) is 5.82 Å². The smallest absolute Gasteiger partial charge is 0.151 e. The van der Waals surface area contributed by atoms with Crippen molar-refractivity contribution in [2.45, 2.75) is 18.5 Å². The van der Waals surface area contributed by atoms with Gasteiger partial charge in [-0.1, -0.05) is 17.7 Å². The average molecular weight is 321 g/mol. The summed E-state index contributed by atoms with van der Waals surface area (Å²) in [4.78, 5) is 1.93. The summed E-state index contributed by atoms with van der Waals surface area (Å²) in [5.41, 5.74) is 6.53. The number of nitrogens with two attached hydrogens (primary N) is 1. The van der Waals surface area contributed by atoms with E-state index in [9.17, 15) is 12.8 Å². The van der Waals surface area contributed by atoms with Crippen LogP contribution in [0.15, 0.2) is 18.2 Å². The normalized spacial score (nSPS) is 23.1. The van der Waals surface area contributed by atoms with E-state index in [1.807, 2.05) is 11.9 Å². The third kappa shape index (κ3) is 3.31. The van der Waals surface area contributed by atoms with Gasteiger partial charge in [-0.3, -0.25) is 4.90 Å². The monoisotopic (exact) mass is 320 g/mol. The molecule has 1 fully saturated rings.